The molecule has 5 heteroatoms. The summed E-state index contributed by atoms with van der Waals surface area (Å²) in [5.74, 6) is 1.92. The van der Waals surface area contributed by atoms with E-state index < -0.39 is 5.60 Å². The Morgan fingerprint density at radius 1 is 0.970 bits per heavy atom. The van der Waals surface area contributed by atoms with Gasteiger partial charge in [0.1, 0.15) is 29.5 Å². The van der Waals surface area contributed by atoms with Crippen LogP contribution in [0.5, 0.6) is 17.2 Å². The molecule has 1 N–H and O–H groups in total. The van der Waals surface area contributed by atoms with Crippen LogP contribution in [0, 0.1) is 0 Å². The molecule has 0 radical (unpaired) electrons. The van der Waals surface area contributed by atoms with Gasteiger partial charge < -0.3 is 19.3 Å². The second-order valence-electron chi connectivity index (χ2n) is 8.82. The lowest BCUT2D eigenvalue weighted by molar-refractivity contribution is 0.0105. The Balaban J connectivity index is 1.44. The molecule has 2 atom stereocenters. The average molecular weight is 446 g/mol. The van der Waals surface area contributed by atoms with Crippen LogP contribution in [0.1, 0.15) is 35.4 Å². The van der Waals surface area contributed by atoms with Crippen LogP contribution in [0.25, 0.3) is 0 Å². The Labute approximate surface area is 195 Å². The zero-order valence-electron chi connectivity index (χ0n) is 19.1. The van der Waals surface area contributed by atoms with E-state index in [1.54, 1.807) is 7.11 Å². The molecule has 3 aromatic carbocycles. The van der Waals surface area contributed by atoms with Gasteiger partial charge in [-0.3, -0.25) is 4.90 Å². The van der Waals surface area contributed by atoms with E-state index in [9.17, 15) is 5.11 Å². The van der Waals surface area contributed by atoms with Crippen LogP contribution < -0.4 is 14.2 Å². The van der Waals surface area contributed by atoms with Gasteiger partial charge in [0.2, 0.25) is 0 Å². The fraction of sp³-hybridized carbons (Fsp3) is 0.357. The van der Waals surface area contributed by atoms with Crippen LogP contribution >= 0.6 is 0 Å². The standard InChI is InChI=1S/C28H31NO4/c1-31-24-13-14-25-27(19-24)33-20-26(21-7-3-2-4-8-21)28(25,30)22-9-11-23(12-10-22)32-18-17-29-15-5-6-16-29/h2-4,7-14,19,26,30H,5-6,15-18,20H2,1H3. The van der Waals surface area contributed by atoms with Gasteiger partial charge in [0.05, 0.1) is 19.6 Å². The first-order valence-corrected chi connectivity index (χ1v) is 11.7. The van der Waals surface area contributed by atoms with Crippen molar-refractivity contribution in [3.05, 3.63) is 89.5 Å². The van der Waals surface area contributed by atoms with E-state index in [-0.39, 0.29) is 5.92 Å². The maximum atomic E-state index is 12.3. The molecule has 0 saturated carbocycles. The van der Waals surface area contributed by atoms with Crippen molar-refractivity contribution in [3.8, 4) is 17.2 Å². The summed E-state index contributed by atoms with van der Waals surface area (Å²) in [4.78, 5) is 2.44. The fourth-order valence-electron chi connectivity index (χ4n) is 5.03. The summed E-state index contributed by atoms with van der Waals surface area (Å²) in [7, 11) is 1.63. The molecule has 0 amide bonds. The number of hydrogen-bond donors (Lipinski definition) is 1. The number of hydrogen-bond acceptors (Lipinski definition) is 5. The molecule has 33 heavy (non-hydrogen) atoms. The quantitative estimate of drug-likeness (QED) is 0.577. The lowest BCUT2D eigenvalue weighted by Crippen LogP contribution is -2.41. The molecule has 0 bridgehead atoms. The number of rotatable bonds is 7. The minimum absolute atomic E-state index is 0.249. The molecule has 5 rings (SSSR count). The largest absolute Gasteiger partial charge is 0.497 e. The van der Waals surface area contributed by atoms with Crippen molar-refractivity contribution in [1.82, 2.24) is 4.90 Å². The smallest absolute Gasteiger partial charge is 0.129 e. The summed E-state index contributed by atoms with van der Waals surface area (Å²) in [6.07, 6.45) is 2.57. The number of benzene rings is 3. The van der Waals surface area contributed by atoms with Gasteiger partial charge in [-0.05, 0) is 61.3 Å². The average Bonchev–Trinajstić information content (AvgIpc) is 3.38. The lowest BCUT2D eigenvalue weighted by Gasteiger charge is -2.42. The fourth-order valence-corrected chi connectivity index (χ4v) is 5.03. The summed E-state index contributed by atoms with van der Waals surface area (Å²) in [5, 5.41) is 12.3. The van der Waals surface area contributed by atoms with E-state index in [0.717, 1.165) is 29.0 Å². The molecule has 0 aromatic heterocycles. The van der Waals surface area contributed by atoms with Crippen molar-refractivity contribution >= 4 is 0 Å². The van der Waals surface area contributed by atoms with Crippen LogP contribution in [0.3, 0.4) is 0 Å². The third-order valence-corrected chi connectivity index (χ3v) is 6.88. The van der Waals surface area contributed by atoms with Gasteiger partial charge in [0, 0.05) is 18.2 Å². The highest BCUT2D eigenvalue weighted by atomic mass is 16.5. The number of methoxy groups -OCH3 is 1. The van der Waals surface area contributed by atoms with Gasteiger partial charge in [0.15, 0.2) is 0 Å². The van der Waals surface area contributed by atoms with E-state index in [0.29, 0.717) is 24.7 Å². The minimum atomic E-state index is -1.24. The van der Waals surface area contributed by atoms with E-state index in [2.05, 4.69) is 4.90 Å². The van der Waals surface area contributed by atoms with Crippen molar-refractivity contribution in [2.45, 2.75) is 24.4 Å². The van der Waals surface area contributed by atoms with E-state index >= 15 is 0 Å². The maximum Gasteiger partial charge on any atom is 0.129 e. The van der Waals surface area contributed by atoms with Crippen molar-refractivity contribution in [2.75, 3.05) is 40.0 Å². The first kappa shape index (κ1) is 21.8. The van der Waals surface area contributed by atoms with Gasteiger partial charge in [-0.15, -0.1) is 0 Å². The zero-order valence-corrected chi connectivity index (χ0v) is 19.1. The Kier molecular flexibility index (Phi) is 6.25. The number of nitrogens with zero attached hydrogens (tertiary/aromatic N) is 1. The summed E-state index contributed by atoms with van der Waals surface area (Å²) >= 11 is 0. The molecule has 1 saturated heterocycles. The van der Waals surface area contributed by atoms with Gasteiger partial charge in [-0.1, -0.05) is 42.5 Å². The van der Waals surface area contributed by atoms with Crippen LogP contribution in [0.15, 0.2) is 72.8 Å². The maximum absolute atomic E-state index is 12.3. The van der Waals surface area contributed by atoms with Crippen LogP contribution in [0.2, 0.25) is 0 Å². The molecule has 2 aliphatic rings. The highest BCUT2D eigenvalue weighted by molar-refractivity contribution is 5.53. The molecule has 2 aliphatic heterocycles. The van der Waals surface area contributed by atoms with Gasteiger partial charge in [-0.2, -0.15) is 0 Å². The Morgan fingerprint density at radius 3 is 2.42 bits per heavy atom. The van der Waals surface area contributed by atoms with Crippen LogP contribution in [-0.4, -0.2) is 50.0 Å². The second kappa shape index (κ2) is 9.46. The zero-order chi connectivity index (χ0) is 22.7. The first-order valence-electron chi connectivity index (χ1n) is 11.7. The molecule has 3 aromatic rings. The van der Waals surface area contributed by atoms with E-state index in [4.69, 9.17) is 14.2 Å². The molecular formula is C28H31NO4. The topological polar surface area (TPSA) is 51.2 Å². The monoisotopic (exact) mass is 445 g/mol. The molecular weight excluding hydrogens is 414 g/mol. The van der Waals surface area contributed by atoms with Crippen molar-refractivity contribution in [1.29, 1.82) is 0 Å². The molecule has 5 nitrogen and oxygen atoms in total. The number of ether oxygens (including phenoxy) is 3. The second-order valence-corrected chi connectivity index (χ2v) is 8.82. The number of aliphatic hydroxyl groups is 1. The van der Waals surface area contributed by atoms with Gasteiger partial charge in [0.25, 0.3) is 0 Å². The third-order valence-electron chi connectivity index (χ3n) is 6.88. The highest BCUT2D eigenvalue weighted by Gasteiger charge is 2.46. The van der Waals surface area contributed by atoms with E-state index in [1.807, 2.05) is 72.8 Å². The lowest BCUT2D eigenvalue weighted by atomic mass is 9.71. The van der Waals surface area contributed by atoms with Gasteiger partial charge >= 0.3 is 0 Å². The summed E-state index contributed by atoms with van der Waals surface area (Å²) in [5.41, 5.74) is 1.35. The van der Waals surface area contributed by atoms with Crippen LogP contribution in [0.4, 0.5) is 0 Å². The van der Waals surface area contributed by atoms with Crippen molar-refractivity contribution < 1.29 is 19.3 Å². The number of fused-ring (bicyclic) bond motifs is 1. The summed E-state index contributed by atoms with van der Waals surface area (Å²) in [6.45, 7) is 4.33. The Hall–Kier alpha value is -3.02. The van der Waals surface area contributed by atoms with Gasteiger partial charge in [-0.25, -0.2) is 0 Å². The SMILES string of the molecule is COc1ccc2c(c1)OCC(c1ccccc1)C2(O)c1ccc(OCCN2CCCC2)cc1. The summed E-state index contributed by atoms with van der Waals surface area (Å²) in [6, 6.07) is 23.5. The van der Waals surface area contributed by atoms with Crippen molar-refractivity contribution in [3.63, 3.8) is 0 Å². The normalized spacial score (nSPS) is 22.4. The Morgan fingerprint density at radius 2 is 1.70 bits per heavy atom. The molecule has 172 valence electrons. The highest BCUT2D eigenvalue weighted by Crippen LogP contribution is 2.50. The molecule has 2 unspecified atom stereocenters. The minimum Gasteiger partial charge on any atom is -0.497 e. The predicted octanol–water partition coefficient (Wildman–Crippen LogP) is 4.58. The van der Waals surface area contributed by atoms with Crippen molar-refractivity contribution in [2.24, 2.45) is 0 Å². The molecule has 1 fully saturated rings. The third kappa shape index (κ3) is 4.31. The number of likely N-dealkylation sites (tertiary alicyclic amines) is 1. The molecule has 0 spiro atoms. The molecule has 0 aliphatic carbocycles. The Bertz CT molecular complexity index is 1060. The molecule has 2 heterocycles. The first-order chi connectivity index (χ1) is 16.2. The van der Waals surface area contributed by atoms with E-state index in [1.165, 1.54) is 25.9 Å². The van der Waals surface area contributed by atoms with Crippen LogP contribution in [-0.2, 0) is 5.60 Å². The predicted molar refractivity (Wildman–Crippen MR) is 128 cm³/mol. The summed E-state index contributed by atoms with van der Waals surface area (Å²) < 4.78 is 17.5.